The molecule has 2 aromatic carbocycles. The Balaban J connectivity index is 2.26. The Morgan fingerprint density at radius 3 is 2.31 bits per heavy atom. The molecule has 0 atom stereocenters. The van der Waals surface area contributed by atoms with Gasteiger partial charge in [0.2, 0.25) is 0 Å². The number of phenols is 3. The number of carbonyl (C=O) groups excluding carboxylic acids is 1. The van der Waals surface area contributed by atoms with E-state index in [1.54, 1.807) is 24.3 Å². The SMILES string of the molecule is COc1cc(O)c(CCC(C)C)c(O)c1C(=O)CCc1ccc(O)cc1. The summed E-state index contributed by atoms with van der Waals surface area (Å²) in [5, 5.41) is 30.1. The quantitative estimate of drug-likeness (QED) is 0.615. The molecule has 2 aromatic rings. The Bertz CT molecular complexity index is 763. The summed E-state index contributed by atoms with van der Waals surface area (Å²) in [5.74, 6) is 0.243. The van der Waals surface area contributed by atoms with Crippen molar-refractivity contribution in [1.29, 1.82) is 0 Å². The molecule has 0 aliphatic rings. The van der Waals surface area contributed by atoms with Crippen molar-refractivity contribution >= 4 is 5.78 Å². The van der Waals surface area contributed by atoms with E-state index in [2.05, 4.69) is 13.8 Å². The number of ketones is 1. The van der Waals surface area contributed by atoms with Crippen molar-refractivity contribution in [2.45, 2.75) is 39.5 Å². The molecule has 0 saturated carbocycles. The Morgan fingerprint density at radius 1 is 1.08 bits per heavy atom. The highest BCUT2D eigenvalue weighted by Gasteiger charge is 2.23. The number of aromatic hydroxyl groups is 3. The minimum absolute atomic E-state index is 0.0601. The van der Waals surface area contributed by atoms with Crippen LogP contribution in [0.1, 0.15) is 48.2 Å². The van der Waals surface area contributed by atoms with Gasteiger partial charge in [0.05, 0.1) is 7.11 Å². The largest absolute Gasteiger partial charge is 0.508 e. The molecule has 0 aromatic heterocycles. The summed E-state index contributed by atoms with van der Waals surface area (Å²) in [6, 6.07) is 8.04. The summed E-state index contributed by atoms with van der Waals surface area (Å²) in [5.41, 5.74) is 1.41. The Labute approximate surface area is 153 Å². The predicted molar refractivity (Wildman–Crippen MR) is 100 cm³/mol. The molecule has 0 bridgehead atoms. The second kappa shape index (κ2) is 8.61. The van der Waals surface area contributed by atoms with Gasteiger partial charge in [-0.2, -0.15) is 0 Å². The van der Waals surface area contributed by atoms with Crippen LogP contribution >= 0.6 is 0 Å². The van der Waals surface area contributed by atoms with Crippen LogP contribution < -0.4 is 4.74 Å². The molecule has 26 heavy (non-hydrogen) atoms. The zero-order valence-electron chi connectivity index (χ0n) is 15.5. The van der Waals surface area contributed by atoms with E-state index in [0.29, 0.717) is 24.3 Å². The number of methoxy groups -OCH3 is 1. The molecule has 0 aliphatic carbocycles. The van der Waals surface area contributed by atoms with Gasteiger partial charge in [-0.25, -0.2) is 0 Å². The summed E-state index contributed by atoms with van der Waals surface area (Å²) in [4.78, 5) is 12.7. The molecule has 5 heteroatoms. The van der Waals surface area contributed by atoms with Gasteiger partial charge >= 0.3 is 0 Å². The first-order valence-corrected chi connectivity index (χ1v) is 8.76. The van der Waals surface area contributed by atoms with Crippen molar-refractivity contribution in [1.82, 2.24) is 0 Å². The Hall–Kier alpha value is -2.69. The maximum absolute atomic E-state index is 12.7. The van der Waals surface area contributed by atoms with Gasteiger partial charge in [0.25, 0.3) is 0 Å². The average molecular weight is 358 g/mol. The zero-order chi connectivity index (χ0) is 19.3. The molecular weight excluding hydrogens is 332 g/mol. The lowest BCUT2D eigenvalue weighted by Gasteiger charge is -2.16. The molecule has 0 heterocycles. The lowest BCUT2D eigenvalue weighted by Crippen LogP contribution is -2.07. The fraction of sp³-hybridized carbons (Fsp3) is 0.381. The number of phenolic OH excluding ortho intramolecular Hbond substituents is 3. The number of rotatable bonds is 8. The molecule has 0 radical (unpaired) electrons. The molecule has 140 valence electrons. The predicted octanol–water partition coefficient (Wildman–Crippen LogP) is 4.22. The van der Waals surface area contributed by atoms with Crippen LogP contribution in [-0.2, 0) is 12.8 Å². The standard InChI is InChI=1S/C21H26O5/c1-13(2)4-10-16-18(24)12-19(26-3)20(21(16)25)17(23)11-7-14-5-8-15(22)9-6-14/h5-6,8-9,12-13,22,24-25H,4,7,10-11H2,1-3H3. The molecule has 0 fully saturated rings. The monoisotopic (exact) mass is 358 g/mol. The van der Waals surface area contributed by atoms with E-state index in [4.69, 9.17) is 4.74 Å². The second-order valence-corrected chi connectivity index (χ2v) is 6.82. The van der Waals surface area contributed by atoms with Crippen LogP contribution in [0.3, 0.4) is 0 Å². The van der Waals surface area contributed by atoms with Gasteiger partial charge < -0.3 is 20.1 Å². The molecule has 0 unspecified atom stereocenters. The third-order valence-electron chi connectivity index (χ3n) is 4.39. The third-order valence-corrected chi connectivity index (χ3v) is 4.39. The number of hydrogen-bond donors (Lipinski definition) is 3. The molecule has 0 aliphatic heterocycles. The van der Waals surface area contributed by atoms with Crippen LogP contribution in [0.2, 0.25) is 0 Å². The molecule has 0 amide bonds. The van der Waals surface area contributed by atoms with Crippen LogP contribution in [-0.4, -0.2) is 28.2 Å². The highest BCUT2D eigenvalue weighted by atomic mass is 16.5. The van der Waals surface area contributed by atoms with Gasteiger partial charge in [0.1, 0.15) is 28.6 Å². The second-order valence-electron chi connectivity index (χ2n) is 6.82. The molecule has 3 N–H and O–H groups in total. The number of aryl methyl sites for hydroxylation is 1. The minimum atomic E-state index is -0.252. The van der Waals surface area contributed by atoms with Crippen LogP contribution in [0.4, 0.5) is 0 Å². The van der Waals surface area contributed by atoms with Crippen LogP contribution in [0, 0.1) is 5.92 Å². The summed E-state index contributed by atoms with van der Waals surface area (Å²) >= 11 is 0. The number of ether oxygens (including phenoxy) is 1. The van der Waals surface area contributed by atoms with Crippen LogP contribution in [0.5, 0.6) is 23.0 Å². The van der Waals surface area contributed by atoms with Gasteiger partial charge in [0.15, 0.2) is 5.78 Å². The fourth-order valence-corrected chi connectivity index (χ4v) is 2.83. The maximum atomic E-state index is 12.7. The van der Waals surface area contributed by atoms with E-state index in [1.807, 2.05) is 0 Å². The van der Waals surface area contributed by atoms with E-state index in [1.165, 1.54) is 13.2 Å². The van der Waals surface area contributed by atoms with E-state index >= 15 is 0 Å². The van der Waals surface area contributed by atoms with Crippen LogP contribution in [0.25, 0.3) is 0 Å². The number of hydrogen-bond acceptors (Lipinski definition) is 5. The highest BCUT2D eigenvalue weighted by Crippen LogP contribution is 2.39. The topological polar surface area (TPSA) is 87.0 Å². The first kappa shape index (κ1) is 19.6. The van der Waals surface area contributed by atoms with Crippen molar-refractivity contribution < 1.29 is 24.9 Å². The first-order valence-electron chi connectivity index (χ1n) is 8.76. The lowest BCUT2D eigenvalue weighted by molar-refractivity contribution is 0.0977. The van der Waals surface area contributed by atoms with E-state index in [-0.39, 0.29) is 40.8 Å². The van der Waals surface area contributed by atoms with E-state index in [9.17, 15) is 20.1 Å². The zero-order valence-corrected chi connectivity index (χ0v) is 15.5. The molecule has 5 nitrogen and oxygen atoms in total. The minimum Gasteiger partial charge on any atom is -0.508 e. The van der Waals surface area contributed by atoms with Crippen molar-refractivity contribution in [3.05, 3.63) is 47.0 Å². The van der Waals surface area contributed by atoms with Gasteiger partial charge in [-0.05, 0) is 42.9 Å². The molecule has 0 saturated heterocycles. The maximum Gasteiger partial charge on any atom is 0.170 e. The van der Waals surface area contributed by atoms with E-state index < -0.39 is 0 Å². The summed E-state index contributed by atoms with van der Waals surface area (Å²) in [6.45, 7) is 4.11. The van der Waals surface area contributed by atoms with Gasteiger partial charge in [0, 0.05) is 18.1 Å². The van der Waals surface area contributed by atoms with Crippen molar-refractivity contribution in [3.63, 3.8) is 0 Å². The summed E-state index contributed by atoms with van der Waals surface area (Å²) < 4.78 is 5.20. The number of carbonyl (C=O) groups is 1. The van der Waals surface area contributed by atoms with Crippen molar-refractivity contribution in [3.8, 4) is 23.0 Å². The normalized spacial score (nSPS) is 10.9. The Kier molecular flexibility index (Phi) is 6.50. The van der Waals surface area contributed by atoms with Crippen molar-refractivity contribution in [2.75, 3.05) is 7.11 Å². The Morgan fingerprint density at radius 2 is 1.73 bits per heavy atom. The number of Topliss-reactive ketones (excluding diaryl/α,β-unsaturated/α-hetero) is 1. The molecule has 2 rings (SSSR count). The first-order chi connectivity index (χ1) is 12.3. The van der Waals surface area contributed by atoms with E-state index in [0.717, 1.165) is 12.0 Å². The van der Waals surface area contributed by atoms with Crippen molar-refractivity contribution in [2.24, 2.45) is 5.92 Å². The van der Waals surface area contributed by atoms with Gasteiger partial charge in [-0.15, -0.1) is 0 Å². The summed E-state index contributed by atoms with van der Waals surface area (Å²) in [7, 11) is 1.40. The molecular formula is C21H26O5. The van der Waals surface area contributed by atoms with Gasteiger partial charge in [-0.3, -0.25) is 4.79 Å². The smallest absolute Gasteiger partial charge is 0.170 e. The molecule has 0 spiro atoms. The highest BCUT2D eigenvalue weighted by molar-refractivity contribution is 6.02. The fourth-order valence-electron chi connectivity index (χ4n) is 2.83. The van der Waals surface area contributed by atoms with Gasteiger partial charge in [-0.1, -0.05) is 26.0 Å². The lowest BCUT2D eigenvalue weighted by atomic mass is 9.94. The number of benzene rings is 2. The van der Waals surface area contributed by atoms with Crippen LogP contribution in [0.15, 0.2) is 30.3 Å². The average Bonchev–Trinajstić information content (AvgIpc) is 2.60. The third kappa shape index (κ3) is 4.69. The summed E-state index contributed by atoms with van der Waals surface area (Å²) in [6.07, 6.45) is 1.93.